The molecule has 3 rings (SSSR count). The summed E-state index contributed by atoms with van der Waals surface area (Å²) in [6.07, 6.45) is 2.95. The zero-order chi connectivity index (χ0) is 15.0. The van der Waals surface area contributed by atoms with Gasteiger partial charge in [0, 0.05) is 32.7 Å². The fraction of sp³-hybridized carbons (Fsp3) is 0.600. The van der Waals surface area contributed by atoms with E-state index in [4.69, 9.17) is 5.73 Å². The lowest BCUT2D eigenvalue weighted by atomic mass is 10.0. The summed E-state index contributed by atoms with van der Waals surface area (Å²) in [7, 11) is -1.76. The molecule has 1 saturated carbocycles. The van der Waals surface area contributed by atoms with Gasteiger partial charge < -0.3 is 5.73 Å². The monoisotopic (exact) mass is 345 g/mol. The van der Waals surface area contributed by atoms with Crippen LogP contribution >= 0.6 is 12.4 Å². The van der Waals surface area contributed by atoms with E-state index in [9.17, 15) is 8.42 Å². The lowest BCUT2D eigenvalue weighted by Gasteiger charge is -2.34. The van der Waals surface area contributed by atoms with Crippen LogP contribution in [0.4, 0.5) is 0 Å². The maximum Gasteiger partial charge on any atom is 0.282 e. The number of halogens is 1. The van der Waals surface area contributed by atoms with Crippen molar-refractivity contribution in [3.8, 4) is 0 Å². The first-order valence-corrected chi connectivity index (χ1v) is 8.93. The first-order chi connectivity index (χ1) is 10.0. The van der Waals surface area contributed by atoms with Crippen LogP contribution in [0.25, 0.3) is 0 Å². The van der Waals surface area contributed by atoms with Gasteiger partial charge in [0.25, 0.3) is 10.2 Å². The Morgan fingerprint density at radius 2 is 1.95 bits per heavy atom. The molecule has 1 aliphatic heterocycles. The van der Waals surface area contributed by atoms with Gasteiger partial charge in [-0.05, 0) is 36.3 Å². The molecule has 1 heterocycles. The Bertz CT molecular complexity index is 619. The molecule has 0 bridgehead atoms. The van der Waals surface area contributed by atoms with Crippen molar-refractivity contribution in [3.63, 3.8) is 0 Å². The Morgan fingerprint density at radius 3 is 2.55 bits per heavy atom. The van der Waals surface area contributed by atoms with Crippen molar-refractivity contribution in [3.05, 3.63) is 35.4 Å². The van der Waals surface area contributed by atoms with E-state index in [2.05, 4.69) is 6.07 Å². The summed E-state index contributed by atoms with van der Waals surface area (Å²) in [5.41, 5.74) is 8.15. The summed E-state index contributed by atoms with van der Waals surface area (Å²) < 4.78 is 28.7. The second-order valence-corrected chi connectivity index (χ2v) is 8.00. The van der Waals surface area contributed by atoms with Gasteiger partial charge in [-0.25, -0.2) is 0 Å². The maximum atomic E-state index is 12.8. The number of nitrogens with zero attached hydrogens (tertiary/aromatic N) is 2. The van der Waals surface area contributed by atoms with Crippen LogP contribution in [0.3, 0.4) is 0 Å². The van der Waals surface area contributed by atoms with Crippen molar-refractivity contribution < 1.29 is 8.42 Å². The smallest absolute Gasteiger partial charge is 0.282 e. The van der Waals surface area contributed by atoms with Crippen molar-refractivity contribution in [2.45, 2.75) is 31.8 Å². The van der Waals surface area contributed by atoms with E-state index in [0.717, 1.165) is 24.8 Å². The van der Waals surface area contributed by atoms with E-state index in [-0.39, 0.29) is 18.4 Å². The second kappa shape index (κ2) is 6.84. The predicted octanol–water partition coefficient (Wildman–Crippen LogP) is 1.38. The molecule has 5 nitrogen and oxygen atoms in total. The molecule has 0 spiro atoms. The van der Waals surface area contributed by atoms with Gasteiger partial charge >= 0.3 is 0 Å². The minimum Gasteiger partial charge on any atom is -0.329 e. The van der Waals surface area contributed by atoms with Gasteiger partial charge in [-0.3, -0.25) is 0 Å². The summed E-state index contributed by atoms with van der Waals surface area (Å²) in [5, 5.41) is 0. The van der Waals surface area contributed by atoms with Crippen LogP contribution in [-0.2, 0) is 23.2 Å². The lowest BCUT2D eigenvalue weighted by Crippen LogP contribution is -2.50. The van der Waals surface area contributed by atoms with E-state index >= 15 is 0 Å². The molecule has 0 aromatic heterocycles. The zero-order valence-corrected chi connectivity index (χ0v) is 14.4. The lowest BCUT2D eigenvalue weighted by molar-refractivity contribution is 0.291. The number of likely N-dealkylation sites (N-methyl/N-ethyl adjacent to an activating group) is 1. The number of benzene rings is 1. The van der Waals surface area contributed by atoms with Gasteiger partial charge in [0.2, 0.25) is 0 Å². The van der Waals surface area contributed by atoms with E-state index in [0.29, 0.717) is 25.6 Å². The molecule has 1 aromatic carbocycles. The van der Waals surface area contributed by atoms with E-state index in [1.165, 1.54) is 9.87 Å². The molecule has 1 aliphatic carbocycles. The van der Waals surface area contributed by atoms with Crippen molar-refractivity contribution in [2.75, 3.05) is 20.1 Å². The van der Waals surface area contributed by atoms with Gasteiger partial charge in [0.05, 0.1) is 0 Å². The Morgan fingerprint density at radius 1 is 1.32 bits per heavy atom. The van der Waals surface area contributed by atoms with Crippen LogP contribution in [0.15, 0.2) is 24.3 Å². The Hall–Kier alpha value is -0.660. The normalized spacial score (nSPS) is 20.3. The average Bonchev–Trinajstić information content (AvgIpc) is 3.32. The van der Waals surface area contributed by atoms with Gasteiger partial charge in [0.1, 0.15) is 0 Å². The van der Waals surface area contributed by atoms with Crippen LogP contribution in [0, 0.1) is 5.92 Å². The molecule has 2 N–H and O–H groups in total. The molecule has 22 heavy (non-hydrogen) atoms. The molecular weight excluding hydrogens is 322 g/mol. The van der Waals surface area contributed by atoms with Crippen LogP contribution in [0.1, 0.15) is 24.0 Å². The van der Waals surface area contributed by atoms with E-state index in [1.807, 2.05) is 18.2 Å². The standard InChI is InChI=1S/C15H23N3O2S.ClH/c1-17(15(10-16)13-6-7-13)21(19,20)18-9-8-12-4-2-3-5-14(12)11-18;/h2-5,13,15H,6-11,16H2,1H3;1H. The molecule has 7 heteroatoms. The average molecular weight is 346 g/mol. The van der Waals surface area contributed by atoms with Gasteiger partial charge in [-0.15, -0.1) is 12.4 Å². The molecule has 1 atom stereocenters. The molecule has 2 aliphatic rings. The number of fused-ring (bicyclic) bond motifs is 1. The van der Waals surface area contributed by atoms with Crippen molar-refractivity contribution in [1.29, 1.82) is 0 Å². The Balaban J connectivity index is 0.00000176. The van der Waals surface area contributed by atoms with E-state index < -0.39 is 10.2 Å². The Labute approximate surface area is 139 Å². The minimum atomic E-state index is -3.43. The topological polar surface area (TPSA) is 66.6 Å². The van der Waals surface area contributed by atoms with Gasteiger partial charge in [0.15, 0.2) is 0 Å². The van der Waals surface area contributed by atoms with Crippen molar-refractivity contribution in [1.82, 2.24) is 8.61 Å². The third-order valence-electron chi connectivity index (χ3n) is 4.66. The predicted molar refractivity (Wildman–Crippen MR) is 90.1 cm³/mol. The molecule has 1 aromatic rings. The SMILES string of the molecule is CN(C(CN)C1CC1)S(=O)(=O)N1CCc2ccccc2C1.Cl. The van der Waals surface area contributed by atoms with Crippen LogP contribution in [-0.4, -0.2) is 43.2 Å². The second-order valence-electron chi connectivity index (χ2n) is 6.02. The molecule has 124 valence electrons. The van der Waals surface area contributed by atoms with E-state index in [1.54, 1.807) is 11.4 Å². The maximum absolute atomic E-state index is 12.8. The molecule has 0 radical (unpaired) electrons. The molecule has 0 amide bonds. The summed E-state index contributed by atoms with van der Waals surface area (Å²) in [5.74, 6) is 0.437. The summed E-state index contributed by atoms with van der Waals surface area (Å²) in [6.45, 7) is 1.40. The zero-order valence-electron chi connectivity index (χ0n) is 12.8. The molecule has 1 unspecified atom stereocenters. The summed E-state index contributed by atoms with van der Waals surface area (Å²) >= 11 is 0. The van der Waals surface area contributed by atoms with Crippen molar-refractivity contribution in [2.24, 2.45) is 11.7 Å². The highest BCUT2D eigenvalue weighted by molar-refractivity contribution is 7.86. The third-order valence-corrected chi connectivity index (χ3v) is 6.62. The largest absolute Gasteiger partial charge is 0.329 e. The highest BCUT2D eigenvalue weighted by Gasteiger charge is 2.40. The van der Waals surface area contributed by atoms with Gasteiger partial charge in [-0.1, -0.05) is 24.3 Å². The quantitative estimate of drug-likeness (QED) is 0.876. The number of nitrogens with two attached hydrogens (primary N) is 1. The highest BCUT2D eigenvalue weighted by Crippen LogP contribution is 2.36. The Kier molecular flexibility index (Phi) is 5.50. The minimum absolute atomic E-state index is 0. The summed E-state index contributed by atoms with van der Waals surface area (Å²) in [4.78, 5) is 0. The fourth-order valence-electron chi connectivity index (χ4n) is 3.14. The first-order valence-electron chi connectivity index (χ1n) is 7.54. The number of hydrogen-bond donors (Lipinski definition) is 1. The van der Waals surface area contributed by atoms with Crippen LogP contribution in [0.5, 0.6) is 0 Å². The first kappa shape index (κ1) is 17.7. The van der Waals surface area contributed by atoms with Gasteiger partial charge in [-0.2, -0.15) is 17.0 Å². The highest BCUT2D eigenvalue weighted by atomic mass is 35.5. The summed E-state index contributed by atoms with van der Waals surface area (Å²) in [6, 6.07) is 8.00. The molecule has 0 saturated heterocycles. The molecular formula is C15H24ClN3O2S. The van der Waals surface area contributed by atoms with Crippen LogP contribution in [0.2, 0.25) is 0 Å². The molecule has 1 fully saturated rings. The van der Waals surface area contributed by atoms with Crippen molar-refractivity contribution >= 4 is 22.6 Å². The van der Waals surface area contributed by atoms with Crippen LogP contribution < -0.4 is 5.73 Å². The number of hydrogen-bond acceptors (Lipinski definition) is 3. The number of rotatable bonds is 5. The third kappa shape index (κ3) is 3.31. The fourth-order valence-corrected chi connectivity index (χ4v) is 4.73.